The molecule has 1 N–H and O–H groups in total. The Morgan fingerprint density at radius 3 is 2.56 bits per heavy atom. The summed E-state index contributed by atoms with van der Waals surface area (Å²) < 4.78 is 15.6. The lowest BCUT2D eigenvalue weighted by atomic mass is 10.0. The first kappa shape index (κ1) is 13.4. The SMILES string of the molecule is CC(C)OCCOC(=O)COC1(C)CNC1. The van der Waals surface area contributed by atoms with E-state index in [1.54, 1.807) is 0 Å². The summed E-state index contributed by atoms with van der Waals surface area (Å²) in [4.78, 5) is 11.3. The van der Waals surface area contributed by atoms with Crippen LogP contribution in [-0.4, -0.2) is 50.6 Å². The molecule has 0 radical (unpaired) electrons. The number of carbonyl (C=O) groups excluding carboxylic acids is 1. The summed E-state index contributed by atoms with van der Waals surface area (Å²) in [5.74, 6) is -0.333. The molecule has 0 aliphatic carbocycles. The first-order chi connectivity index (χ1) is 7.52. The number of carbonyl (C=O) groups is 1. The third-order valence-electron chi connectivity index (χ3n) is 2.33. The molecule has 0 aromatic rings. The average molecular weight is 231 g/mol. The number of esters is 1. The Labute approximate surface area is 96.4 Å². The molecule has 1 aliphatic rings. The highest BCUT2D eigenvalue weighted by Gasteiger charge is 2.33. The summed E-state index contributed by atoms with van der Waals surface area (Å²) in [6.07, 6.45) is 0.162. The number of hydrogen-bond donors (Lipinski definition) is 1. The molecule has 0 spiro atoms. The third kappa shape index (κ3) is 4.92. The van der Waals surface area contributed by atoms with Crippen LogP contribution >= 0.6 is 0 Å². The van der Waals surface area contributed by atoms with Crippen molar-refractivity contribution in [1.29, 1.82) is 0 Å². The van der Waals surface area contributed by atoms with Crippen LogP contribution in [0.25, 0.3) is 0 Å². The second-order valence-corrected chi connectivity index (χ2v) is 4.48. The average Bonchev–Trinajstić information content (AvgIpc) is 2.18. The Morgan fingerprint density at radius 2 is 2.06 bits per heavy atom. The molecule has 5 heteroatoms. The van der Waals surface area contributed by atoms with Gasteiger partial charge in [0.1, 0.15) is 13.2 Å². The van der Waals surface area contributed by atoms with Gasteiger partial charge in [0.25, 0.3) is 0 Å². The predicted molar refractivity (Wildman–Crippen MR) is 59.3 cm³/mol. The van der Waals surface area contributed by atoms with Gasteiger partial charge in [0.2, 0.25) is 0 Å². The topological polar surface area (TPSA) is 56.8 Å². The van der Waals surface area contributed by atoms with Crippen LogP contribution in [0, 0.1) is 0 Å². The first-order valence-corrected chi connectivity index (χ1v) is 5.64. The summed E-state index contributed by atoms with van der Waals surface area (Å²) in [7, 11) is 0. The van der Waals surface area contributed by atoms with Gasteiger partial charge in [0, 0.05) is 13.1 Å². The summed E-state index contributed by atoms with van der Waals surface area (Å²) in [6, 6.07) is 0. The minimum Gasteiger partial charge on any atom is -0.462 e. The molecule has 94 valence electrons. The van der Waals surface area contributed by atoms with Gasteiger partial charge in [0.15, 0.2) is 0 Å². The zero-order valence-electron chi connectivity index (χ0n) is 10.2. The molecule has 16 heavy (non-hydrogen) atoms. The summed E-state index contributed by atoms with van der Waals surface area (Å²) in [5, 5.41) is 3.09. The summed E-state index contributed by atoms with van der Waals surface area (Å²) in [6.45, 7) is 8.16. The second kappa shape index (κ2) is 6.18. The Morgan fingerprint density at radius 1 is 1.38 bits per heavy atom. The molecule has 1 rings (SSSR count). The van der Waals surface area contributed by atoms with Crippen molar-refractivity contribution in [3.05, 3.63) is 0 Å². The van der Waals surface area contributed by atoms with E-state index in [2.05, 4.69) is 5.32 Å². The van der Waals surface area contributed by atoms with E-state index in [0.717, 1.165) is 13.1 Å². The van der Waals surface area contributed by atoms with Crippen molar-refractivity contribution in [2.45, 2.75) is 32.5 Å². The molecule has 0 amide bonds. The quantitative estimate of drug-likeness (QED) is 0.505. The van der Waals surface area contributed by atoms with Gasteiger partial charge < -0.3 is 19.5 Å². The standard InChI is InChI=1S/C11H21NO4/c1-9(2)14-4-5-15-10(13)6-16-11(3)7-12-8-11/h9,12H,4-8H2,1-3H3. The predicted octanol–water partition coefficient (Wildman–Crippen LogP) is 0.333. The molecule has 0 unspecified atom stereocenters. The highest BCUT2D eigenvalue weighted by molar-refractivity contribution is 5.70. The van der Waals surface area contributed by atoms with Gasteiger partial charge >= 0.3 is 5.97 Å². The van der Waals surface area contributed by atoms with Crippen molar-refractivity contribution in [3.8, 4) is 0 Å². The Balaban J connectivity index is 1.98. The molecule has 0 aromatic carbocycles. The van der Waals surface area contributed by atoms with E-state index in [1.807, 2.05) is 20.8 Å². The van der Waals surface area contributed by atoms with E-state index >= 15 is 0 Å². The van der Waals surface area contributed by atoms with E-state index in [1.165, 1.54) is 0 Å². The smallest absolute Gasteiger partial charge is 0.332 e. The van der Waals surface area contributed by atoms with E-state index in [9.17, 15) is 4.79 Å². The molecule has 0 atom stereocenters. The van der Waals surface area contributed by atoms with Crippen molar-refractivity contribution in [2.75, 3.05) is 32.9 Å². The van der Waals surface area contributed by atoms with Crippen LogP contribution in [0.15, 0.2) is 0 Å². The lowest BCUT2D eigenvalue weighted by Crippen LogP contribution is -2.59. The van der Waals surface area contributed by atoms with Crippen molar-refractivity contribution in [3.63, 3.8) is 0 Å². The van der Waals surface area contributed by atoms with Crippen molar-refractivity contribution in [1.82, 2.24) is 5.32 Å². The number of nitrogens with one attached hydrogen (secondary N) is 1. The van der Waals surface area contributed by atoms with E-state index in [0.29, 0.717) is 6.61 Å². The van der Waals surface area contributed by atoms with Gasteiger partial charge in [0.05, 0.1) is 18.3 Å². The monoisotopic (exact) mass is 231 g/mol. The number of rotatable bonds is 7. The normalized spacial score (nSPS) is 18.2. The Kier molecular flexibility index (Phi) is 5.18. The molecular formula is C11H21NO4. The molecule has 0 bridgehead atoms. The third-order valence-corrected chi connectivity index (χ3v) is 2.33. The van der Waals surface area contributed by atoms with Crippen LogP contribution in [0.5, 0.6) is 0 Å². The molecule has 1 aliphatic heterocycles. The van der Waals surface area contributed by atoms with E-state index in [-0.39, 0.29) is 30.9 Å². The van der Waals surface area contributed by atoms with Crippen molar-refractivity contribution in [2.24, 2.45) is 0 Å². The van der Waals surface area contributed by atoms with Gasteiger partial charge in [-0.1, -0.05) is 0 Å². The van der Waals surface area contributed by atoms with Crippen LogP contribution < -0.4 is 5.32 Å². The molecule has 1 fully saturated rings. The molecule has 1 heterocycles. The zero-order chi connectivity index (χ0) is 12.0. The molecule has 0 aromatic heterocycles. The van der Waals surface area contributed by atoms with Gasteiger partial charge in [-0.05, 0) is 20.8 Å². The molecule has 1 saturated heterocycles. The van der Waals surface area contributed by atoms with Crippen molar-refractivity contribution < 1.29 is 19.0 Å². The Hall–Kier alpha value is -0.650. The minimum absolute atomic E-state index is 0.0137. The van der Waals surface area contributed by atoms with E-state index in [4.69, 9.17) is 14.2 Å². The molecule has 5 nitrogen and oxygen atoms in total. The van der Waals surface area contributed by atoms with Crippen molar-refractivity contribution >= 4 is 5.97 Å². The van der Waals surface area contributed by atoms with Gasteiger partial charge in [-0.25, -0.2) is 4.79 Å². The lowest BCUT2D eigenvalue weighted by molar-refractivity contribution is -0.160. The highest BCUT2D eigenvalue weighted by atomic mass is 16.6. The van der Waals surface area contributed by atoms with Crippen LogP contribution in [0.1, 0.15) is 20.8 Å². The van der Waals surface area contributed by atoms with Gasteiger partial charge in [-0.2, -0.15) is 0 Å². The maximum atomic E-state index is 11.3. The summed E-state index contributed by atoms with van der Waals surface area (Å²) in [5.41, 5.74) is -0.201. The largest absolute Gasteiger partial charge is 0.462 e. The van der Waals surface area contributed by atoms with E-state index < -0.39 is 0 Å². The summed E-state index contributed by atoms with van der Waals surface area (Å²) >= 11 is 0. The molecular weight excluding hydrogens is 210 g/mol. The lowest BCUT2D eigenvalue weighted by Gasteiger charge is -2.38. The fraction of sp³-hybridized carbons (Fsp3) is 0.909. The van der Waals surface area contributed by atoms with Gasteiger partial charge in [-0.3, -0.25) is 0 Å². The van der Waals surface area contributed by atoms with Crippen LogP contribution in [0.2, 0.25) is 0 Å². The fourth-order valence-corrected chi connectivity index (χ4v) is 1.29. The zero-order valence-corrected chi connectivity index (χ0v) is 10.2. The minimum atomic E-state index is -0.333. The van der Waals surface area contributed by atoms with Crippen LogP contribution in [0.4, 0.5) is 0 Å². The fourth-order valence-electron chi connectivity index (χ4n) is 1.29. The second-order valence-electron chi connectivity index (χ2n) is 4.48. The Bertz CT molecular complexity index is 226. The highest BCUT2D eigenvalue weighted by Crippen LogP contribution is 2.14. The van der Waals surface area contributed by atoms with Gasteiger partial charge in [-0.15, -0.1) is 0 Å². The maximum absolute atomic E-state index is 11.3. The maximum Gasteiger partial charge on any atom is 0.332 e. The first-order valence-electron chi connectivity index (χ1n) is 5.64. The number of ether oxygens (including phenoxy) is 3. The number of hydrogen-bond acceptors (Lipinski definition) is 5. The van der Waals surface area contributed by atoms with Crippen LogP contribution in [0.3, 0.4) is 0 Å². The van der Waals surface area contributed by atoms with Crippen LogP contribution in [-0.2, 0) is 19.0 Å². The molecule has 0 saturated carbocycles.